The second kappa shape index (κ2) is 6.81. The van der Waals surface area contributed by atoms with Gasteiger partial charge in [0.15, 0.2) is 0 Å². The fourth-order valence-electron chi connectivity index (χ4n) is 1.74. The molecule has 98 valence electrons. The summed E-state index contributed by atoms with van der Waals surface area (Å²) >= 11 is 0. The Labute approximate surface area is 108 Å². The van der Waals surface area contributed by atoms with Gasteiger partial charge >= 0.3 is 5.97 Å². The zero-order chi connectivity index (χ0) is 13.5. The molecule has 0 heterocycles. The van der Waals surface area contributed by atoms with Crippen LogP contribution in [0.4, 0.5) is 0 Å². The van der Waals surface area contributed by atoms with Gasteiger partial charge in [0.2, 0.25) is 0 Å². The Balaban J connectivity index is 2.83. The van der Waals surface area contributed by atoms with Crippen molar-refractivity contribution in [1.29, 1.82) is 0 Å². The standard InChI is InChI=1S/C14H19NO3/c1-5-12(14(16)18-4)15-10(2)11-8-6-7-9-13(11)17-3/h5-10,12,15H,1H2,2-4H3/t10-,12?/m0/s1. The van der Waals surface area contributed by atoms with Crippen LogP contribution in [-0.4, -0.2) is 26.2 Å². The summed E-state index contributed by atoms with van der Waals surface area (Å²) < 4.78 is 9.98. The van der Waals surface area contributed by atoms with Crippen LogP contribution in [0.1, 0.15) is 18.5 Å². The van der Waals surface area contributed by atoms with Crippen molar-refractivity contribution < 1.29 is 14.3 Å². The highest BCUT2D eigenvalue weighted by Gasteiger charge is 2.19. The van der Waals surface area contributed by atoms with E-state index < -0.39 is 6.04 Å². The zero-order valence-corrected chi connectivity index (χ0v) is 11.0. The molecule has 0 aliphatic heterocycles. The van der Waals surface area contributed by atoms with E-state index in [-0.39, 0.29) is 12.0 Å². The Hall–Kier alpha value is -1.81. The topological polar surface area (TPSA) is 47.6 Å². The Bertz CT molecular complexity index is 417. The van der Waals surface area contributed by atoms with E-state index in [1.54, 1.807) is 7.11 Å². The number of benzene rings is 1. The molecular formula is C14H19NO3. The first kappa shape index (κ1) is 14.3. The molecule has 0 saturated carbocycles. The highest BCUT2D eigenvalue weighted by molar-refractivity contribution is 5.77. The third kappa shape index (κ3) is 3.34. The van der Waals surface area contributed by atoms with Gasteiger partial charge < -0.3 is 9.47 Å². The highest BCUT2D eigenvalue weighted by Crippen LogP contribution is 2.24. The fourth-order valence-corrected chi connectivity index (χ4v) is 1.74. The van der Waals surface area contributed by atoms with E-state index in [2.05, 4.69) is 11.9 Å². The maximum Gasteiger partial charge on any atom is 0.326 e. The maximum atomic E-state index is 11.5. The van der Waals surface area contributed by atoms with Crippen LogP contribution < -0.4 is 10.1 Å². The van der Waals surface area contributed by atoms with Gasteiger partial charge in [0.25, 0.3) is 0 Å². The molecule has 0 aliphatic carbocycles. The van der Waals surface area contributed by atoms with Gasteiger partial charge in [-0.3, -0.25) is 10.1 Å². The van der Waals surface area contributed by atoms with Crippen LogP contribution in [0.5, 0.6) is 5.75 Å². The smallest absolute Gasteiger partial charge is 0.326 e. The Morgan fingerprint density at radius 1 is 1.39 bits per heavy atom. The van der Waals surface area contributed by atoms with E-state index in [9.17, 15) is 4.79 Å². The third-order valence-corrected chi connectivity index (χ3v) is 2.73. The summed E-state index contributed by atoms with van der Waals surface area (Å²) in [6, 6.07) is 7.08. The lowest BCUT2D eigenvalue weighted by atomic mass is 10.1. The minimum atomic E-state index is -0.532. The van der Waals surface area contributed by atoms with E-state index in [4.69, 9.17) is 9.47 Å². The molecule has 4 heteroatoms. The summed E-state index contributed by atoms with van der Waals surface area (Å²) in [6.45, 7) is 5.58. The summed E-state index contributed by atoms with van der Waals surface area (Å²) in [7, 11) is 2.98. The number of para-hydroxylation sites is 1. The van der Waals surface area contributed by atoms with Gasteiger partial charge in [0.1, 0.15) is 11.8 Å². The largest absolute Gasteiger partial charge is 0.496 e. The first-order valence-electron chi connectivity index (χ1n) is 5.73. The molecule has 18 heavy (non-hydrogen) atoms. The average Bonchev–Trinajstić information content (AvgIpc) is 2.43. The van der Waals surface area contributed by atoms with Crippen molar-refractivity contribution in [2.24, 2.45) is 0 Å². The van der Waals surface area contributed by atoms with E-state index in [1.807, 2.05) is 31.2 Å². The predicted octanol–water partition coefficient (Wildman–Crippen LogP) is 2.07. The van der Waals surface area contributed by atoms with E-state index in [1.165, 1.54) is 13.2 Å². The van der Waals surface area contributed by atoms with Crippen molar-refractivity contribution in [1.82, 2.24) is 5.32 Å². The average molecular weight is 249 g/mol. The number of esters is 1. The van der Waals surface area contributed by atoms with Gasteiger partial charge in [0, 0.05) is 11.6 Å². The Morgan fingerprint density at radius 2 is 2.06 bits per heavy atom. The minimum absolute atomic E-state index is 0.0525. The molecule has 0 saturated heterocycles. The molecule has 0 amide bonds. The lowest BCUT2D eigenvalue weighted by molar-refractivity contribution is -0.141. The SMILES string of the molecule is C=CC(N[C@@H](C)c1ccccc1OC)C(=O)OC. The summed E-state index contributed by atoms with van der Waals surface area (Å²) in [6.07, 6.45) is 1.53. The van der Waals surface area contributed by atoms with E-state index >= 15 is 0 Å². The van der Waals surface area contributed by atoms with Gasteiger partial charge in [-0.25, -0.2) is 0 Å². The number of carbonyl (C=O) groups excluding carboxylic acids is 1. The van der Waals surface area contributed by atoms with Crippen LogP contribution in [0.3, 0.4) is 0 Å². The number of hydrogen-bond donors (Lipinski definition) is 1. The van der Waals surface area contributed by atoms with Crippen molar-refractivity contribution in [3.63, 3.8) is 0 Å². The normalized spacial score (nSPS) is 13.5. The summed E-state index contributed by atoms with van der Waals surface area (Å²) in [5.74, 6) is 0.428. The van der Waals surface area contributed by atoms with E-state index in [0.29, 0.717) is 0 Å². The number of ether oxygens (including phenoxy) is 2. The number of hydrogen-bond acceptors (Lipinski definition) is 4. The third-order valence-electron chi connectivity index (χ3n) is 2.73. The second-order valence-corrected chi connectivity index (χ2v) is 3.87. The van der Waals surface area contributed by atoms with Crippen molar-refractivity contribution in [3.05, 3.63) is 42.5 Å². The summed E-state index contributed by atoms with van der Waals surface area (Å²) in [5, 5.41) is 3.14. The first-order chi connectivity index (χ1) is 8.63. The molecule has 4 nitrogen and oxygen atoms in total. The monoisotopic (exact) mass is 249 g/mol. The molecule has 0 fully saturated rings. The Kier molecular flexibility index (Phi) is 5.39. The number of rotatable bonds is 6. The minimum Gasteiger partial charge on any atom is -0.496 e. The molecule has 1 rings (SSSR count). The molecule has 1 N–H and O–H groups in total. The van der Waals surface area contributed by atoms with Gasteiger partial charge in [-0.1, -0.05) is 24.3 Å². The van der Waals surface area contributed by atoms with Crippen LogP contribution in [0.25, 0.3) is 0 Å². The lowest BCUT2D eigenvalue weighted by Gasteiger charge is -2.20. The van der Waals surface area contributed by atoms with Gasteiger partial charge in [-0.2, -0.15) is 0 Å². The molecule has 0 radical (unpaired) electrons. The molecular weight excluding hydrogens is 230 g/mol. The van der Waals surface area contributed by atoms with Crippen molar-refractivity contribution in [2.45, 2.75) is 19.0 Å². The van der Waals surface area contributed by atoms with Crippen molar-refractivity contribution >= 4 is 5.97 Å². The van der Waals surface area contributed by atoms with Crippen LogP contribution in [0.2, 0.25) is 0 Å². The fraction of sp³-hybridized carbons (Fsp3) is 0.357. The summed E-state index contributed by atoms with van der Waals surface area (Å²) in [4.78, 5) is 11.5. The second-order valence-electron chi connectivity index (χ2n) is 3.87. The van der Waals surface area contributed by atoms with Crippen molar-refractivity contribution in [3.8, 4) is 5.75 Å². The van der Waals surface area contributed by atoms with E-state index in [0.717, 1.165) is 11.3 Å². The molecule has 0 spiro atoms. The van der Waals surface area contributed by atoms with Gasteiger partial charge in [-0.15, -0.1) is 6.58 Å². The molecule has 1 aromatic carbocycles. The molecule has 1 aromatic rings. The highest BCUT2D eigenvalue weighted by atomic mass is 16.5. The molecule has 1 unspecified atom stereocenters. The zero-order valence-electron chi connectivity index (χ0n) is 11.0. The van der Waals surface area contributed by atoms with Crippen LogP contribution in [0, 0.1) is 0 Å². The Morgan fingerprint density at radius 3 is 2.61 bits per heavy atom. The van der Waals surface area contributed by atoms with Crippen LogP contribution in [0.15, 0.2) is 36.9 Å². The van der Waals surface area contributed by atoms with Crippen molar-refractivity contribution in [2.75, 3.05) is 14.2 Å². The number of carbonyl (C=O) groups is 1. The molecule has 0 aliphatic rings. The quantitative estimate of drug-likeness (QED) is 0.619. The summed E-state index contributed by atoms with van der Waals surface area (Å²) in [5.41, 5.74) is 0.982. The molecule has 0 aromatic heterocycles. The number of nitrogens with one attached hydrogen (secondary N) is 1. The molecule has 0 bridgehead atoms. The van der Waals surface area contributed by atoms with Gasteiger partial charge in [0.05, 0.1) is 14.2 Å². The maximum absolute atomic E-state index is 11.5. The first-order valence-corrected chi connectivity index (χ1v) is 5.73. The van der Waals surface area contributed by atoms with Crippen LogP contribution in [-0.2, 0) is 9.53 Å². The van der Waals surface area contributed by atoms with Crippen LogP contribution >= 0.6 is 0 Å². The van der Waals surface area contributed by atoms with Gasteiger partial charge in [-0.05, 0) is 13.0 Å². The number of methoxy groups -OCH3 is 2. The predicted molar refractivity (Wildman–Crippen MR) is 70.5 cm³/mol. The lowest BCUT2D eigenvalue weighted by Crippen LogP contribution is -2.37. The molecule has 2 atom stereocenters.